The van der Waals surface area contributed by atoms with Crippen LogP contribution in [0.15, 0.2) is 18.2 Å². The van der Waals surface area contributed by atoms with Crippen molar-refractivity contribution in [2.24, 2.45) is 5.41 Å². The quantitative estimate of drug-likeness (QED) is 0.534. The Bertz CT molecular complexity index is 911. The number of anilines is 1. The second kappa shape index (κ2) is 10.3. The summed E-state index contributed by atoms with van der Waals surface area (Å²) in [7, 11) is 0. The third-order valence-corrected chi connectivity index (χ3v) is 7.44. The molecule has 1 spiro atoms. The van der Waals surface area contributed by atoms with Gasteiger partial charge in [0.2, 0.25) is 0 Å². The summed E-state index contributed by atoms with van der Waals surface area (Å²) in [4.78, 5) is 17.7. The summed E-state index contributed by atoms with van der Waals surface area (Å²) in [6.07, 6.45) is -15.2. The third-order valence-electron chi connectivity index (χ3n) is 7.44. The molecule has 0 atom stereocenters. The molecule has 0 N–H and O–H groups in total. The SMILES string of the molecule is Cc1ccc(CN2CCC3(CCN(C(=O)OC(C(F)(F)F)C(F)(F)F)CC3)C2)cc1N1CCOCC1. The van der Waals surface area contributed by atoms with E-state index < -0.39 is 24.5 Å². The zero-order valence-corrected chi connectivity index (χ0v) is 20.1. The molecule has 0 unspecified atom stereocenters. The zero-order chi connectivity index (χ0) is 26.1. The Hall–Kier alpha value is -2.21. The molecule has 0 bridgehead atoms. The van der Waals surface area contributed by atoms with Gasteiger partial charge in [-0.2, -0.15) is 26.3 Å². The molecule has 1 aromatic rings. The third kappa shape index (κ3) is 6.19. The van der Waals surface area contributed by atoms with Gasteiger partial charge in [0, 0.05) is 45.0 Å². The van der Waals surface area contributed by atoms with Crippen molar-refractivity contribution in [3.63, 3.8) is 0 Å². The minimum Gasteiger partial charge on any atom is -0.426 e. The van der Waals surface area contributed by atoms with E-state index in [1.807, 2.05) is 0 Å². The van der Waals surface area contributed by atoms with E-state index in [0.29, 0.717) is 26.1 Å². The second-order valence-electron chi connectivity index (χ2n) is 10.0. The normalized spacial score (nSPS) is 21.4. The van der Waals surface area contributed by atoms with Gasteiger partial charge < -0.3 is 19.3 Å². The first-order valence-corrected chi connectivity index (χ1v) is 12.1. The van der Waals surface area contributed by atoms with Gasteiger partial charge in [0.15, 0.2) is 0 Å². The molecule has 6 nitrogen and oxygen atoms in total. The largest absolute Gasteiger partial charge is 0.434 e. The maximum Gasteiger partial charge on any atom is 0.434 e. The number of morpholine rings is 1. The summed E-state index contributed by atoms with van der Waals surface area (Å²) in [6, 6.07) is 6.44. The number of hydrogen-bond donors (Lipinski definition) is 0. The molecule has 0 aliphatic carbocycles. The predicted molar refractivity (Wildman–Crippen MR) is 120 cm³/mol. The van der Waals surface area contributed by atoms with Crippen molar-refractivity contribution in [2.75, 3.05) is 57.4 Å². The van der Waals surface area contributed by atoms with Gasteiger partial charge in [-0.3, -0.25) is 4.90 Å². The van der Waals surface area contributed by atoms with Gasteiger partial charge in [-0.15, -0.1) is 0 Å². The van der Waals surface area contributed by atoms with Crippen LogP contribution in [-0.4, -0.2) is 86.8 Å². The number of likely N-dealkylation sites (tertiary alicyclic amines) is 2. The van der Waals surface area contributed by atoms with Crippen LogP contribution < -0.4 is 4.90 Å². The highest BCUT2D eigenvalue weighted by molar-refractivity contribution is 5.68. The number of ether oxygens (including phenoxy) is 2. The summed E-state index contributed by atoms with van der Waals surface area (Å²) in [6.45, 7) is 7.70. The fourth-order valence-electron chi connectivity index (χ4n) is 5.39. The predicted octanol–water partition coefficient (Wildman–Crippen LogP) is 4.75. The van der Waals surface area contributed by atoms with Gasteiger partial charge in [0.25, 0.3) is 6.10 Å². The molecule has 1 amide bonds. The zero-order valence-electron chi connectivity index (χ0n) is 20.1. The van der Waals surface area contributed by atoms with Crippen molar-refractivity contribution in [3.8, 4) is 0 Å². The minimum atomic E-state index is -5.71. The molecule has 0 saturated carbocycles. The lowest BCUT2D eigenvalue weighted by molar-refractivity contribution is -0.308. The molecule has 1 aromatic carbocycles. The highest BCUT2D eigenvalue weighted by atomic mass is 19.4. The van der Waals surface area contributed by atoms with E-state index in [-0.39, 0.29) is 18.5 Å². The molecule has 3 fully saturated rings. The maximum atomic E-state index is 12.7. The maximum absolute atomic E-state index is 12.7. The summed E-state index contributed by atoms with van der Waals surface area (Å²) < 4.78 is 85.7. The van der Waals surface area contributed by atoms with Crippen LogP contribution in [0, 0.1) is 12.3 Å². The van der Waals surface area contributed by atoms with Crippen LogP contribution in [0.1, 0.15) is 30.4 Å². The average Bonchev–Trinajstić information content (AvgIpc) is 3.19. The molecule has 0 radical (unpaired) electrons. The summed E-state index contributed by atoms with van der Waals surface area (Å²) in [5, 5.41) is 0. The summed E-state index contributed by atoms with van der Waals surface area (Å²) >= 11 is 0. The number of alkyl halides is 6. The molecule has 202 valence electrons. The molecule has 4 rings (SSSR count). The van der Waals surface area contributed by atoms with E-state index in [0.717, 1.165) is 44.0 Å². The average molecular weight is 524 g/mol. The van der Waals surface area contributed by atoms with Crippen molar-refractivity contribution in [2.45, 2.75) is 51.2 Å². The van der Waals surface area contributed by atoms with Crippen LogP contribution in [0.25, 0.3) is 0 Å². The first-order valence-electron chi connectivity index (χ1n) is 12.1. The number of halogens is 6. The molecule has 0 aromatic heterocycles. The van der Waals surface area contributed by atoms with E-state index in [9.17, 15) is 31.1 Å². The second-order valence-corrected chi connectivity index (χ2v) is 10.0. The van der Waals surface area contributed by atoms with Crippen LogP contribution >= 0.6 is 0 Å². The number of carbonyl (C=O) groups is 1. The van der Waals surface area contributed by atoms with E-state index in [4.69, 9.17) is 4.74 Å². The first-order chi connectivity index (χ1) is 16.9. The number of hydrogen-bond acceptors (Lipinski definition) is 5. The summed E-state index contributed by atoms with van der Waals surface area (Å²) in [5.41, 5.74) is 3.48. The Morgan fingerprint density at radius 1 is 1.00 bits per heavy atom. The first kappa shape index (κ1) is 26.8. The standard InChI is InChI=1S/C24H31F6N3O3/c1-17-2-3-18(14-19(17)32-10-12-35-13-11-32)15-31-7-4-22(16-31)5-8-33(9-6-22)21(34)36-20(23(25,26)27)24(28,29)30/h2-3,14,20H,4-13,15-16H2,1H3. The molecule has 3 aliphatic rings. The highest BCUT2D eigenvalue weighted by Crippen LogP contribution is 2.42. The van der Waals surface area contributed by atoms with Gasteiger partial charge in [0.05, 0.1) is 13.2 Å². The number of amides is 1. The fraction of sp³-hybridized carbons (Fsp3) is 0.708. The molecule has 12 heteroatoms. The molecular weight excluding hydrogens is 492 g/mol. The van der Waals surface area contributed by atoms with Crippen molar-refractivity contribution < 1.29 is 40.6 Å². The fourth-order valence-corrected chi connectivity index (χ4v) is 5.39. The molecule has 3 heterocycles. The Labute approximate surface area is 206 Å². The summed E-state index contributed by atoms with van der Waals surface area (Å²) in [5.74, 6) is 0. The highest BCUT2D eigenvalue weighted by Gasteiger charge is 2.60. The van der Waals surface area contributed by atoms with Crippen LogP contribution in [0.4, 0.5) is 36.8 Å². The Morgan fingerprint density at radius 2 is 1.61 bits per heavy atom. The monoisotopic (exact) mass is 523 g/mol. The lowest BCUT2D eigenvalue weighted by Crippen LogP contribution is -2.50. The van der Waals surface area contributed by atoms with Crippen LogP contribution in [-0.2, 0) is 16.0 Å². The minimum absolute atomic E-state index is 0.0703. The Kier molecular flexibility index (Phi) is 7.66. The molecule has 3 saturated heterocycles. The number of rotatable bonds is 4. The number of aryl methyl sites for hydroxylation is 1. The van der Waals surface area contributed by atoms with Gasteiger partial charge >= 0.3 is 18.4 Å². The van der Waals surface area contributed by atoms with Gasteiger partial charge in [0.1, 0.15) is 0 Å². The number of nitrogens with zero attached hydrogens (tertiary/aromatic N) is 3. The number of benzene rings is 1. The van der Waals surface area contributed by atoms with Gasteiger partial charge in [-0.05, 0) is 55.3 Å². The smallest absolute Gasteiger partial charge is 0.426 e. The number of piperidine rings is 1. The van der Waals surface area contributed by atoms with E-state index in [1.54, 1.807) is 0 Å². The van der Waals surface area contributed by atoms with Crippen LogP contribution in [0.5, 0.6) is 0 Å². The topological polar surface area (TPSA) is 45.2 Å². The Morgan fingerprint density at radius 3 is 2.22 bits per heavy atom. The molecule has 3 aliphatic heterocycles. The van der Waals surface area contributed by atoms with E-state index in [1.165, 1.54) is 16.8 Å². The van der Waals surface area contributed by atoms with Crippen LogP contribution in [0.2, 0.25) is 0 Å². The van der Waals surface area contributed by atoms with Gasteiger partial charge in [-0.25, -0.2) is 4.79 Å². The number of carbonyl (C=O) groups excluding carboxylic acids is 1. The lowest BCUT2D eigenvalue weighted by Gasteiger charge is -2.39. The Balaban J connectivity index is 1.31. The van der Waals surface area contributed by atoms with Crippen molar-refractivity contribution in [1.82, 2.24) is 9.80 Å². The van der Waals surface area contributed by atoms with Crippen LogP contribution in [0.3, 0.4) is 0 Å². The molecular formula is C24H31F6N3O3. The van der Waals surface area contributed by atoms with Crippen molar-refractivity contribution in [1.29, 1.82) is 0 Å². The lowest BCUT2D eigenvalue weighted by atomic mass is 9.78. The van der Waals surface area contributed by atoms with Crippen molar-refractivity contribution in [3.05, 3.63) is 29.3 Å². The van der Waals surface area contributed by atoms with Crippen molar-refractivity contribution >= 4 is 11.8 Å². The van der Waals surface area contributed by atoms with Gasteiger partial charge in [-0.1, -0.05) is 12.1 Å². The van der Waals surface area contributed by atoms with E-state index >= 15 is 0 Å². The van der Waals surface area contributed by atoms with E-state index in [2.05, 4.69) is 39.7 Å². The molecule has 36 heavy (non-hydrogen) atoms.